The van der Waals surface area contributed by atoms with Crippen LogP contribution < -0.4 is 9.93 Å². The second-order valence-electron chi connectivity index (χ2n) is 8.90. The summed E-state index contributed by atoms with van der Waals surface area (Å²) in [6.07, 6.45) is 1.78. The Labute approximate surface area is 217 Å². The molecule has 5 heteroatoms. The first-order valence-corrected chi connectivity index (χ1v) is 12.9. The van der Waals surface area contributed by atoms with Gasteiger partial charge in [0.05, 0.1) is 23.6 Å². The molecule has 190 valence electrons. The molecule has 0 bridgehead atoms. The van der Waals surface area contributed by atoms with Gasteiger partial charge in [0.25, 0.3) is 0 Å². The number of hydrogen-bond donors (Lipinski definition) is 1. The van der Waals surface area contributed by atoms with Crippen LogP contribution in [0.25, 0.3) is 44.2 Å². The largest absolute Gasteiger partial charge is 0.507 e. The Bertz CT molecular complexity index is 1610. The molecule has 0 radical (unpaired) electrons. The van der Waals surface area contributed by atoms with E-state index in [1.165, 1.54) is 0 Å². The lowest BCUT2D eigenvalue weighted by atomic mass is 9.89. The van der Waals surface area contributed by atoms with Gasteiger partial charge in [-0.1, -0.05) is 63.6 Å². The van der Waals surface area contributed by atoms with Gasteiger partial charge in [0.2, 0.25) is 5.36 Å². The van der Waals surface area contributed by atoms with Crippen LogP contribution in [0.4, 0.5) is 0 Å². The van der Waals surface area contributed by atoms with Gasteiger partial charge >= 0.3 is 5.97 Å². The molecule has 0 atom stereocenters. The predicted octanol–water partition coefficient (Wildman–Crippen LogP) is 7.08. The van der Waals surface area contributed by atoms with E-state index in [0.717, 1.165) is 45.7 Å². The molecule has 1 heterocycles. The molecular weight excluding hydrogens is 462 g/mol. The molecule has 0 aromatic heterocycles. The lowest BCUT2D eigenvalue weighted by Gasteiger charge is -2.18. The average molecular weight is 497 g/mol. The number of rotatable bonds is 5. The summed E-state index contributed by atoms with van der Waals surface area (Å²) in [5, 5.41) is 14.1. The van der Waals surface area contributed by atoms with Crippen molar-refractivity contribution in [3.63, 3.8) is 0 Å². The van der Waals surface area contributed by atoms with E-state index in [1.54, 1.807) is 12.1 Å². The highest BCUT2D eigenvalue weighted by molar-refractivity contribution is 6.15. The number of ether oxygens (including phenoxy) is 1. The molecule has 1 N–H and O–H groups in total. The second-order valence-corrected chi connectivity index (χ2v) is 8.90. The van der Waals surface area contributed by atoms with Gasteiger partial charge in [-0.3, -0.25) is 0 Å². The van der Waals surface area contributed by atoms with Crippen molar-refractivity contribution >= 4 is 27.7 Å². The zero-order valence-corrected chi connectivity index (χ0v) is 22.2. The number of phenols is 1. The maximum Gasteiger partial charge on any atom is 0.338 e. The van der Waals surface area contributed by atoms with Gasteiger partial charge in [-0.25, -0.2) is 9.37 Å². The third-order valence-corrected chi connectivity index (χ3v) is 6.36. The highest BCUT2D eigenvalue weighted by Crippen LogP contribution is 2.44. The summed E-state index contributed by atoms with van der Waals surface area (Å²) in [6, 6.07) is 23.0. The van der Waals surface area contributed by atoms with Gasteiger partial charge in [0.1, 0.15) is 31.2 Å². The molecule has 37 heavy (non-hydrogen) atoms. The first-order valence-electron chi connectivity index (χ1n) is 12.9. The molecule has 0 fully saturated rings. The summed E-state index contributed by atoms with van der Waals surface area (Å²) in [7, 11) is 3.96. The fourth-order valence-corrected chi connectivity index (χ4v) is 4.52. The molecule has 2 aliphatic rings. The van der Waals surface area contributed by atoms with E-state index in [2.05, 4.69) is 6.92 Å². The number of phenolic OH excluding ortho intramolecular Hbond substituents is 1. The van der Waals surface area contributed by atoms with E-state index < -0.39 is 0 Å². The van der Waals surface area contributed by atoms with Crippen LogP contribution in [0.2, 0.25) is 0 Å². The maximum atomic E-state index is 13.1. The summed E-state index contributed by atoms with van der Waals surface area (Å²) in [5.41, 5.74) is 3.61. The number of hydrogen-bond acceptors (Lipinski definition) is 4. The van der Waals surface area contributed by atoms with E-state index >= 15 is 0 Å². The summed E-state index contributed by atoms with van der Waals surface area (Å²) >= 11 is 0. The molecule has 1 aliphatic carbocycles. The van der Waals surface area contributed by atoms with Crippen LogP contribution in [-0.2, 0) is 4.74 Å². The van der Waals surface area contributed by atoms with Gasteiger partial charge in [0.15, 0.2) is 0 Å². The fourth-order valence-electron chi connectivity index (χ4n) is 4.52. The van der Waals surface area contributed by atoms with E-state index in [0.29, 0.717) is 28.9 Å². The van der Waals surface area contributed by atoms with Crippen LogP contribution in [0, 0.1) is 0 Å². The molecule has 0 saturated heterocycles. The normalized spacial score (nSPS) is 10.8. The first-order chi connectivity index (χ1) is 18.0. The van der Waals surface area contributed by atoms with Crippen molar-refractivity contribution in [2.45, 2.75) is 33.6 Å². The molecule has 1 aliphatic heterocycles. The Morgan fingerprint density at radius 3 is 2.49 bits per heavy atom. The average Bonchev–Trinajstić information content (AvgIpc) is 2.92. The van der Waals surface area contributed by atoms with Crippen molar-refractivity contribution in [1.82, 2.24) is 4.58 Å². The minimum atomic E-state index is -0.343. The van der Waals surface area contributed by atoms with Crippen LogP contribution >= 0.6 is 0 Å². The smallest absolute Gasteiger partial charge is 0.338 e. The summed E-state index contributed by atoms with van der Waals surface area (Å²) in [4.78, 5) is 13.1. The summed E-state index contributed by atoms with van der Waals surface area (Å²) < 4.78 is 14.1. The number of fused-ring (bicyclic) bond motifs is 4. The number of unbranched alkanes of at least 4 members (excludes halogenated alkanes) is 1. The number of aromatic hydroxyl groups is 1. The molecule has 3 aromatic carbocycles. The minimum absolute atomic E-state index is 0.151. The lowest BCUT2D eigenvalue weighted by molar-refractivity contribution is 0.0500. The molecule has 5 rings (SSSR count). The van der Waals surface area contributed by atoms with Crippen molar-refractivity contribution in [3.8, 4) is 28.2 Å². The van der Waals surface area contributed by atoms with Gasteiger partial charge in [-0.15, -0.1) is 0 Å². The SMILES string of the molecule is CC.CCCCOC(=O)c1ccccc1-c1c2ccc(=[N+](C)C)cc-2oc2c1ccc1cccc(O)c12. The van der Waals surface area contributed by atoms with Crippen LogP contribution in [0.3, 0.4) is 0 Å². The van der Waals surface area contributed by atoms with Crippen molar-refractivity contribution in [2.24, 2.45) is 0 Å². The summed E-state index contributed by atoms with van der Waals surface area (Å²) in [6.45, 7) is 6.45. The topological polar surface area (TPSA) is 62.7 Å². The Hall–Kier alpha value is -4.12. The van der Waals surface area contributed by atoms with Gasteiger partial charge < -0.3 is 14.3 Å². The minimum Gasteiger partial charge on any atom is -0.507 e. The fraction of sp³-hybridized carbons (Fsp3) is 0.250. The Kier molecular flexibility index (Phi) is 7.92. The van der Waals surface area contributed by atoms with Crippen molar-refractivity contribution in [2.75, 3.05) is 20.7 Å². The molecular formula is C32H34NO4+. The van der Waals surface area contributed by atoms with E-state index in [9.17, 15) is 9.90 Å². The molecule has 0 amide bonds. The van der Waals surface area contributed by atoms with Gasteiger partial charge in [0, 0.05) is 22.6 Å². The zero-order chi connectivity index (χ0) is 26.5. The molecule has 5 nitrogen and oxygen atoms in total. The predicted molar refractivity (Wildman–Crippen MR) is 151 cm³/mol. The highest BCUT2D eigenvalue weighted by Gasteiger charge is 2.24. The number of esters is 1. The van der Waals surface area contributed by atoms with Crippen LogP contribution in [0.15, 0.2) is 77.2 Å². The van der Waals surface area contributed by atoms with E-state index in [4.69, 9.17) is 9.15 Å². The number of carbonyl (C=O) groups excluding carboxylic acids is 1. The van der Waals surface area contributed by atoms with Crippen molar-refractivity contribution in [1.29, 1.82) is 0 Å². The third-order valence-electron chi connectivity index (χ3n) is 6.36. The Morgan fingerprint density at radius 2 is 1.73 bits per heavy atom. The van der Waals surface area contributed by atoms with Crippen LogP contribution in [-0.4, -0.2) is 31.8 Å². The van der Waals surface area contributed by atoms with E-state index in [-0.39, 0.29) is 11.7 Å². The third kappa shape index (κ3) is 4.94. The van der Waals surface area contributed by atoms with Crippen LogP contribution in [0.1, 0.15) is 44.0 Å². The standard InChI is InChI=1S/C30H27NO4.C2H6/c1-4-5-17-34-30(33)22-11-7-6-10-21(22)28-23-16-14-20(31(2)3)18-26(23)35-29-24(28)15-13-19-9-8-12-25(32)27(19)29;1-2/h6-16,18H,4-5,17H2,1-3H3;1-2H3/p+1. The zero-order valence-electron chi connectivity index (χ0n) is 22.2. The van der Waals surface area contributed by atoms with Crippen molar-refractivity contribution in [3.05, 3.63) is 83.7 Å². The Balaban J connectivity index is 0.00000156. The van der Waals surface area contributed by atoms with E-state index in [1.807, 2.05) is 93.2 Å². The number of benzene rings is 4. The van der Waals surface area contributed by atoms with Gasteiger partial charge in [-0.2, -0.15) is 0 Å². The quantitative estimate of drug-likeness (QED) is 0.0929. The molecule has 0 spiro atoms. The summed E-state index contributed by atoms with van der Waals surface area (Å²) in [5.74, 6) is 0.478. The lowest BCUT2D eigenvalue weighted by Crippen LogP contribution is -2.21. The first kappa shape index (κ1) is 26.0. The number of carbonyl (C=O) groups is 1. The Morgan fingerprint density at radius 1 is 0.946 bits per heavy atom. The second kappa shape index (κ2) is 11.3. The van der Waals surface area contributed by atoms with Gasteiger partial charge in [-0.05, 0) is 41.6 Å². The van der Waals surface area contributed by atoms with Crippen molar-refractivity contribution < 1.29 is 19.1 Å². The highest BCUT2D eigenvalue weighted by atomic mass is 16.5. The molecule has 3 aromatic rings. The molecule has 0 unspecified atom stereocenters. The monoisotopic (exact) mass is 496 g/mol. The van der Waals surface area contributed by atoms with Crippen LogP contribution in [0.5, 0.6) is 5.75 Å². The number of nitrogens with zero attached hydrogens (tertiary/aromatic N) is 1. The maximum absolute atomic E-state index is 13.1. The molecule has 0 saturated carbocycles.